The summed E-state index contributed by atoms with van der Waals surface area (Å²) < 4.78 is 0. The van der Waals surface area contributed by atoms with E-state index in [-0.39, 0.29) is 42.3 Å². The van der Waals surface area contributed by atoms with Crippen LogP contribution in [-0.2, 0) is 17.8 Å². The van der Waals surface area contributed by atoms with Gasteiger partial charge in [-0.25, -0.2) is 4.99 Å². The van der Waals surface area contributed by atoms with Gasteiger partial charge in [0, 0.05) is 32.7 Å². The molecular weight excluding hydrogens is 505 g/mol. The molecule has 0 aliphatic rings. The van der Waals surface area contributed by atoms with Crippen LogP contribution in [0.4, 0.5) is 0 Å². The fourth-order valence-corrected chi connectivity index (χ4v) is 2.74. The SMILES string of the molecule is CCNC(=NCc1ccc(C(=O)N(C)C)cc1)NCC(=O)NCCc1ccccc1.I. The number of carbonyl (C=O) groups excluding carboxylic acids is 2. The van der Waals surface area contributed by atoms with Crippen molar-refractivity contribution in [2.24, 2.45) is 4.99 Å². The summed E-state index contributed by atoms with van der Waals surface area (Å²) in [5.41, 5.74) is 2.82. The Kier molecular flexibility index (Phi) is 12.3. The van der Waals surface area contributed by atoms with Crippen molar-refractivity contribution < 1.29 is 9.59 Å². The number of carbonyl (C=O) groups is 2. The highest BCUT2D eigenvalue weighted by atomic mass is 127. The molecule has 0 radical (unpaired) electrons. The van der Waals surface area contributed by atoms with Crippen LogP contribution in [0.15, 0.2) is 59.6 Å². The molecule has 0 aromatic heterocycles. The van der Waals surface area contributed by atoms with E-state index in [0.29, 0.717) is 31.2 Å². The van der Waals surface area contributed by atoms with E-state index in [2.05, 4.69) is 20.9 Å². The summed E-state index contributed by atoms with van der Waals surface area (Å²) in [5, 5.41) is 9.09. The maximum absolute atomic E-state index is 12.1. The van der Waals surface area contributed by atoms with Crippen molar-refractivity contribution in [1.82, 2.24) is 20.9 Å². The standard InChI is InChI=1S/C23H31N5O2.HI/c1-4-24-23(26-16-19-10-12-20(13-11-19)22(30)28(2)3)27-17-21(29)25-15-14-18-8-6-5-7-9-18;/h5-13H,4,14-17H2,1-3H3,(H,25,29)(H2,24,26,27);1H. The van der Waals surface area contributed by atoms with E-state index in [1.165, 1.54) is 5.56 Å². The third-order valence-electron chi connectivity index (χ3n) is 4.37. The van der Waals surface area contributed by atoms with Crippen LogP contribution in [0.5, 0.6) is 0 Å². The summed E-state index contributed by atoms with van der Waals surface area (Å²) in [7, 11) is 3.46. The van der Waals surface area contributed by atoms with E-state index in [9.17, 15) is 9.59 Å². The number of halogens is 1. The molecule has 0 aliphatic carbocycles. The van der Waals surface area contributed by atoms with Crippen molar-refractivity contribution >= 4 is 41.8 Å². The van der Waals surface area contributed by atoms with Crippen molar-refractivity contribution in [2.45, 2.75) is 19.9 Å². The number of guanidine groups is 1. The van der Waals surface area contributed by atoms with Gasteiger partial charge in [0.1, 0.15) is 0 Å². The maximum atomic E-state index is 12.1. The highest BCUT2D eigenvalue weighted by Crippen LogP contribution is 2.07. The molecule has 0 aliphatic heterocycles. The van der Waals surface area contributed by atoms with Gasteiger partial charge in [0.15, 0.2) is 5.96 Å². The minimum atomic E-state index is -0.0805. The molecule has 0 unspecified atom stereocenters. The van der Waals surface area contributed by atoms with Gasteiger partial charge < -0.3 is 20.9 Å². The van der Waals surface area contributed by atoms with E-state index in [1.54, 1.807) is 31.1 Å². The molecule has 0 saturated heterocycles. The molecule has 168 valence electrons. The van der Waals surface area contributed by atoms with Gasteiger partial charge in [0.05, 0.1) is 13.1 Å². The zero-order chi connectivity index (χ0) is 21.8. The van der Waals surface area contributed by atoms with Gasteiger partial charge in [-0.1, -0.05) is 42.5 Å². The van der Waals surface area contributed by atoms with E-state index in [1.807, 2.05) is 49.4 Å². The lowest BCUT2D eigenvalue weighted by molar-refractivity contribution is -0.119. The molecule has 2 rings (SSSR count). The summed E-state index contributed by atoms with van der Waals surface area (Å²) in [6.07, 6.45) is 0.799. The molecule has 31 heavy (non-hydrogen) atoms. The lowest BCUT2D eigenvalue weighted by Crippen LogP contribution is -2.43. The second kappa shape index (κ2) is 14.4. The number of amides is 2. The van der Waals surface area contributed by atoms with Gasteiger partial charge >= 0.3 is 0 Å². The molecule has 0 saturated carbocycles. The van der Waals surface area contributed by atoms with E-state index < -0.39 is 0 Å². The fraction of sp³-hybridized carbons (Fsp3) is 0.348. The number of hydrogen-bond donors (Lipinski definition) is 3. The predicted molar refractivity (Wildman–Crippen MR) is 136 cm³/mol. The third kappa shape index (κ3) is 9.82. The summed E-state index contributed by atoms with van der Waals surface area (Å²) in [5.74, 6) is 0.463. The summed E-state index contributed by atoms with van der Waals surface area (Å²) in [6, 6.07) is 17.4. The molecule has 2 amide bonds. The third-order valence-corrected chi connectivity index (χ3v) is 4.37. The van der Waals surface area contributed by atoms with Gasteiger partial charge in [0.2, 0.25) is 5.91 Å². The minimum absolute atomic E-state index is 0. The fourth-order valence-electron chi connectivity index (χ4n) is 2.74. The topological polar surface area (TPSA) is 85.8 Å². The van der Waals surface area contributed by atoms with E-state index in [4.69, 9.17) is 0 Å². The molecule has 2 aromatic rings. The van der Waals surface area contributed by atoms with Crippen LogP contribution in [0.25, 0.3) is 0 Å². The van der Waals surface area contributed by atoms with Gasteiger partial charge in [-0.2, -0.15) is 0 Å². The van der Waals surface area contributed by atoms with Gasteiger partial charge in [-0.05, 0) is 36.6 Å². The van der Waals surface area contributed by atoms with Crippen molar-refractivity contribution in [2.75, 3.05) is 33.7 Å². The molecule has 0 fully saturated rings. The average molecular weight is 537 g/mol. The molecule has 2 aromatic carbocycles. The molecule has 3 N–H and O–H groups in total. The Morgan fingerprint density at radius 1 is 0.903 bits per heavy atom. The Hall–Kier alpha value is -2.62. The number of aliphatic imine (C=N–C) groups is 1. The maximum Gasteiger partial charge on any atom is 0.253 e. The second-order valence-electron chi connectivity index (χ2n) is 7.03. The lowest BCUT2D eigenvalue weighted by Gasteiger charge is -2.12. The van der Waals surface area contributed by atoms with E-state index >= 15 is 0 Å². The van der Waals surface area contributed by atoms with Gasteiger partial charge in [0.25, 0.3) is 5.91 Å². The Morgan fingerprint density at radius 3 is 2.19 bits per heavy atom. The predicted octanol–water partition coefficient (Wildman–Crippen LogP) is 2.42. The van der Waals surface area contributed by atoms with Crippen LogP contribution >= 0.6 is 24.0 Å². The molecule has 7 nitrogen and oxygen atoms in total. The number of rotatable bonds is 9. The Balaban J connectivity index is 0.00000480. The average Bonchev–Trinajstić information content (AvgIpc) is 2.76. The van der Waals surface area contributed by atoms with Crippen LogP contribution in [0.2, 0.25) is 0 Å². The monoisotopic (exact) mass is 537 g/mol. The molecule has 0 heterocycles. The van der Waals surface area contributed by atoms with Crippen LogP contribution in [0.1, 0.15) is 28.4 Å². The largest absolute Gasteiger partial charge is 0.357 e. The number of benzene rings is 2. The number of hydrogen-bond acceptors (Lipinski definition) is 3. The molecule has 0 spiro atoms. The number of nitrogens with one attached hydrogen (secondary N) is 3. The Bertz CT molecular complexity index is 839. The molecule has 8 heteroatoms. The first-order chi connectivity index (χ1) is 14.5. The summed E-state index contributed by atoms with van der Waals surface area (Å²) in [6.45, 7) is 3.85. The van der Waals surface area contributed by atoms with Crippen LogP contribution in [-0.4, -0.2) is 56.4 Å². The van der Waals surface area contributed by atoms with Crippen molar-refractivity contribution in [3.8, 4) is 0 Å². The zero-order valence-electron chi connectivity index (χ0n) is 18.4. The van der Waals surface area contributed by atoms with Crippen LogP contribution in [0.3, 0.4) is 0 Å². The normalized spacial score (nSPS) is 10.6. The number of nitrogens with zero attached hydrogens (tertiary/aromatic N) is 2. The highest BCUT2D eigenvalue weighted by Gasteiger charge is 2.07. The quantitative estimate of drug-likeness (QED) is 0.261. The molecule has 0 bridgehead atoms. The Labute approximate surface area is 201 Å². The first-order valence-electron chi connectivity index (χ1n) is 10.1. The lowest BCUT2D eigenvalue weighted by atomic mass is 10.1. The first kappa shape index (κ1) is 26.4. The van der Waals surface area contributed by atoms with Crippen molar-refractivity contribution in [1.29, 1.82) is 0 Å². The molecule has 0 atom stereocenters. The summed E-state index contributed by atoms with van der Waals surface area (Å²) in [4.78, 5) is 30.1. The van der Waals surface area contributed by atoms with Crippen molar-refractivity contribution in [3.63, 3.8) is 0 Å². The highest BCUT2D eigenvalue weighted by molar-refractivity contribution is 14.0. The first-order valence-corrected chi connectivity index (χ1v) is 10.1. The van der Waals surface area contributed by atoms with Crippen molar-refractivity contribution in [3.05, 3.63) is 71.3 Å². The van der Waals surface area contributed by atoms with Gasteiger partial charge in [-0.3, -0.25) is 9.59 Å². The zero-order valence-corrected chi connectivity index (χ0v) is 20.7. The molecular formula is C23H32IN5O2. The van der Waals surface area contributed by atoms with E-state index in [0.717, 1.165) is 12.0 Å². The Morgan fingerprint density at radius 2 is 1.58 bits per heavy atom. The summed E-state index contributed by atoms with van der Waals surface area (Å²) >= 11 is 0. The second-order valence-corrected chi connectivity index (χ2v) is 7.03. The van der Waals surface area contributed by atoms with Crippen LogP contribution in [0, 0.1) is 0 Å². The van der Waals surface area contributed by atoms with Crippen LogP contribution < -0.4 is 16.0 Å². The smallest absolute Gasteiger partial charge is 0.253 e. The van der Waals surface area contributed by atoms with Gasteiger partial charge in [-0.15, -0.1) is 24.0 Å². The minimum Gasteiger partial charge on any atom is -0.357 e.